The monoisotopic (exact) mass is 364 g/mol. The van der Waals surface area contributed by atoms with Crippen LogP contribution in [0, 0.1) is 0 Å². The van der Waals surface area contributed by atoms with Crippen LogP contribution in [0.25, 0.3) is 10.8 Å². The molecule has 27 heavy (non-hydrogen) atoms. The summed E-state index contributed by atoms with van der Waals surface area (Å²) in [4.78, 5) is 7.35. The van der Waals surface area contributed by atoms with Crippen LogP contribution in [0.2, 0.25) is 0 Å². The zero-order valence-electron chi connectivity index (χ0n) is 16.7. The number of nitrogens with zero attached hydrogens (tertiary/aromatic N) is 2. The minimum absolute atomic E-state index is 0.483. The van der Waals surface area contributed by atoms with Crippen molar-refractivity contribution in [1.29, 1.82) is 0 Å². The van der Waals surface area contributed by atoms with Crippen LogP contribution in [0.5, 0.6) is 0 Å². The SMILES string of the molecule is C=C(C)CN1CCC(NC(=NCc2cccc3ccccc23)NCC)CC1. The Hall–Kier alpha value is -2.33. The van der Waals surface area contributed by atoms with Crippen molar-refractivity contribution in [2.45, 2.75) is 39.3 Å². The van der Waals surface area contributed by atoms with E-state index in [4.69, 9.17) is 4.99 Å². The Balaban J connectivity index is 1.62. The molecule has 2 N–H and O–H groups in total. The maximum atomic E-state index is 4.86. The lowest BCUT2D eigenvalue weighted by Gasteiger charge is -2.33. The number of hydrogen-bond acceptors (Lipinski definition) is 2. The zero-order chi connectivity index (χ0) is 19.1. The molecule has 3 rings (SSSR count). The summed E-state index contributed by atoms with van der Waals surface area (Å²) in [5, 5.41) is 9.60. The van der Waals surface area contributed by atoms with Crippen molar-refractivity contribution < 1.29 is 0 Å². The maximum Gasteiger partial charge on any atom is 0.191 e. The van der Waals surface area contributed by atoms with Crippen molar-refractivity contribution >= 4 is 16.7 Å². The highest BCUT2D eigenvalue weighted by Gasteiger charge is 2.19. The smallest absolute Gasteiger partial charge is 0.191 e. The summed E-state index contributed by atoms with van der Waals surface area (Å²) in [6.07, 6.45) is 2.29. The van der Waals surface area contributed by atoms with Crippen LogP contribution < -0.4 is 10.6 Å². The molecule has 0 atom stereocenters. The van der Waals surface area contributed by atoms with Gasteiger partial charge in [-0.25, -0.2) is 4.99 Å². The highest BCUT2D eigenvalue weighted by molar-refractivity contribution is 5.86. The summed E-state index contributed by atoms with van der Waals surface area (Å²) in [6, 6.07) is 15.4. The van der Waals surface area contributed by atoms with Crippen molar-refractivity contribution in [2.24, 2.45) is 4.99 Å². The van der Waals surface area contributed by atoms with Crippen LogP contribution in [0.3, 0.4) is 0 Å². The number of likely N-dealkylation sites (tertiary alicyclic amines) is 1. The minimum Gasteiger partial charge on any atom is -0.357 e. The molecule has 1 fully saturated rings. The standard InChI is InChI=1S/C23H32N4/c1-4-24-23(26-21-12-14-27(15-13-21)17-18(2)3)25-16-20-10-7-9-19-8-5-6-11-22(19)20/h5-11,21H,2,4,12-17H2,1,3H3,(H2,24,25,26). The van der Waals surface area contributed by atoms with E-state index in [1.54, 1.807) is 0 Å². The molecular formula is C23H32N4. The molecule has 0 radical (unpaired) electrons. The Kier molecular flexibility index (Phi) is 6.88. The number of aliphatic imine (C=N–C) groups is 1. The molecule has 2 aromatic rings. The first-order valence-corrected chi connectivity index (χ1v) is 10.0. The van der Waals surface area contributed by atoms with E-state index in [9.17, 15) is 0 Å². The second-order valence-corrected chi connectivity index (χ2v) is 7.49. The lowest BCUT2D eigenvalue weighted by Crippen LogP contribution is -2.48. The van der Waals surface area contributed by atoms with Crippen LogP contribution in [0.1, 0.15) is 32.3 Å². The van der Waals surface area contributed by atoms with Crippen LogP contribution in [-0.2, 0) is 6.54 Å². The number of benzene rings is 2. The van der Waals surface area contributed by atoms with Crippen molar-refractivity contribution in [3.05, 3.63) is 60.2 Å². The number of hydrogen-bond donors (Lipinski definition) is 2. The Bertz CT molecular complexity index is 783. The van der Waals surface area contributed by atoms with E-state index in [1.807, 2.05) is 0 Å². The third kappa shape index (κ3) is 5.57. The van der Waals surface area contributed by atoms with Crippen molar-refractivity contribution in [3.63, 3.8) is 0 Å². The van der Waals surface area contributed by atoms with E-state index in [2.05, 4.69) is 78.4 Å². The molecule has 1 heterocycles. The van der Waals surface area contributed by atoms with Gasteiger partial charge in [0.25, 0.3) is 0 Å². The Morgan fingerprint density at radius 2 is 1.89 bits per heavy atom. The molecule has 4 heteroatoms. The Morgan fingerprint density at radius 1 is 1.15 bits per heavy atom. The Labute approximate surface area is 163 Å². The number of guanidine groups is 1. The fourth-order valence-electron chi connectivity index (χ4n) is 3.73. The summed E-state index contributed by atoms with van der Waals surface area (Å²) in [7, 11) is 0. The van der Waals surface area contributed by atoms with Gasteiger partial charge in [0.05, 0.1) is 6.54 Å². The second-order valence-electron chi connectivity index (χ2n) is 7.49. The van der Waals surface area contributed by atoms with Gasteiger partial charge in [0.15, 0.2) is 5.96 Å². The molecule has 1 saturated heterocycles. The predicted molar refractivity (Wildman–Crippen MR) is 116 cm³/mol. The second kappa shape index (κ2) is 9.56. The van der Waals surface area contributed by atoms with E-state index in [0.717, 1.165) is 45.0 Å². The highest BCUT2D eigenvalue weighted by Crippen LogP contribution is 2.19. The number of rotatable bonds is 6. The molecule has 0 aliphatic carbocycles. The molecule has 0 unspecified atom stereocenters. The molecule has 1 aliphatic rings. The van der Waals surface area contributed by atoms with E-state index >= 15 is 0 Å². The highest BCUT2D eigenvalue weighted by atomic mass is 15.2. The first-order chi connectivity index (χ1) is 13.2. The maximum absolute atomic E-state index is 4.86. The first-order valence-electron chi connectivity index (χ1n) is 10.0. The van der Waals surface area contributed by atoms with Gasteiger partial charge in [0.1, 0.15) is 0 Å². The van der Waals surface area contributed by atoms with Gasteiger partial charge in [0.2, 0.25) is 0 Å². The molecule has 0 spiro atoms. The number of fused-ring (bicyclic) bond motifs is 1. The molecule has 2 aromatic carbocycles. The topological polar surface area (TPSA) is 39.7 Å². The van der Waals surface area contributed by atoms with Gasteiger partial charge < -0.3 is 10.6 Å². The fourth-order valence-corrected chi connectivity index (χ4v) is 3.73. The number of piperidine rings is 1. The molecule has 0 bridgehead atoms. The Morgan fingerprint density at radius 3 is 2.63 bits per heavy atom. The van der Waals surface area contributed by atoms with E-state index < -0.39 is 0 Å². The normalized spacial score (nSPS) is 16.4. The minimum atomic E-state index is 0.483. The predicted octanol–water partition coefficient (Wildman–Crippen LogP) is 3.94. The molecule has 144 valence electrons. The lowest BCUT2D eigenvalue weighted by molar-refractivity contribution is 0.221. The average molecular weight is 365 g/mol. The van der Waals surface area contributed by atoms with Crippen molar-refractivity contribution in [3.8, 4) is 0 Å². The van der Waals surface area contributed by atoms with Crippen molar-refractivity contribution in [1.82, 2.24) is 15.5 Å². The van der Waals surface area contributed by atoms with Crippen LogP contribution >= 0.6 is 0 Å². The van der Waals surface area contributed by atoms with Gasteiger partial charge in [0, 0.05) is 32.2 Å². The molecule has 0 amide bonds. The van der Waals surface area contributed by atoms with Gasteiger partial charge in [-0.2, -0.15) is 0 Å². The number of nitrogens with one attached hydrogen (secondary N) is 2. The van der Waals surface area contributed by atoms with Gasteiger partial charge in [-0.3, -0.25) is 4.90 Å². The van der Waals surface area contributed by atoms with E-state index in [0.29, 0.717) is 12.6 Å². The quantitative estimate of drug-likeness (QED) is 0.463. The van der Waals surface area contributed by atoms with Crippen molar-refractivity contribution in [2.75, 3.05) is 26.2 Å². The molecular weight excluding hydrogens is 332 g/mol. The third-order valence-electron chi connectivity index (χ3n) is 5.05. The van der Waals surface area contributed by atoms with Crippen LogP contribution in [0.4, 0.5) is 0 Å². The first kappa shape index (κ1) is 19.4. The fraction of sp³-hybridized carbons (Fsp3) is 0.435. The molecule has 0 saturated carbocycles. The zero-order valence-corrected chi connectivity index (χ0v) is 16.7. The summed E-state index contributed by atoms with van der Waals surface area (Å²) in [5.74, 6) is 0.920. The van der Waals surface area contributed by atoms with Gasteiger partial charge >= 0.3 is 0 Å². The summed E-state index contributed by atoms with van der Waals surface area (Å²) in [6.45, 7) is 13.1. The summed E-state index contributed by atoms with van der Waals surface area (Å²) in [5.41, 5.74) is 2.51. The third-order valence-corrected chi connectivity index (χ3v) is 5.05. The lowest BCUT2D eigenvalue weighted by atomic mass is 10.0. The van der Waals surface area contributed by atoms with Gasteiger partial charge in [-0.1, -0.05) is 54.6 Å². The molecule has 1 aliphatic heterocycles. The average Bonchev–Trinajstić information content (AvgIpc) is 2.67. The summed E-state index contributed by atoms with van der Waals surface area (Å²) < 4.78 is 0. The van der Waals surface area contributed by atoms with Gasteiger partial charge in [-0.15, -0.1) is 0 Å². The molecule has 0 aromatic heterocycles. The van der Waals surface area contributed by atoms with E-state index in [1.165, 1.54) is 21.9 Å². The van der Waals surface area contributed by atoms with Crippen LogP contribution in [-0.4, -0.2) is 43.1 Å². The van der Waals surface area contributed by atoms with Gasteiger partial charge in [-0.05, 0) is 43.0 Å². The van der Waals surface area contributed by atoms with E-state index in [-0.39, 0.29) is 0 Å². The van der Waals surface area contributed by atoms with Crippen LogP contribution in [0.15, 0.2) is 59.6 Å². The summed E-state index contributed by atoms with van der Waals surface area (Å²) >= 11 is 0. The largest absolute Gasteiger partial charge is 0.357 e. The molecule has 4 nitrogen and oxygen atoms in total.